The van der Waals surface area contributed by atoms with Gasteiger partial charge in [-0.1, -0.05) is 24.3 Å². The second-order valence-corrected chi connectivity index (χ2v) is 4.73. The van der Waals surface area contributed by atoms with Gasteiger partial charge < -0.3 is 9.84 Å². The number of hydrogen-bond donors (Lipinski definition) is 1. The number of nitrogens with zero attached hydrogens (tertiary/aromatic N) is 1. The van der Waals surface area contributed by atoms with E-state index in [4.69, 9.17) is 9.84 Å². The number of benzene rings is 1. The summed E-state index contributed by atoms with van der Waals surface area (Å²) in [4.78, 5) is 15.0. The number of carbonyl (C=O) groups is 1. The molecule has 4 nitrogen and oxygen atoms in total. The number of carboxylic acid groups (broad SMARTS) is 1. The van der Waals surface area contributed by atoms with E-state index in [0.29, 0.717) is 6.61 Å². The summed E-state index contributed by atoms with van der Waals surface area (Å²) in [5.74, 6) is -0.593. The van der Waals surface area contributed by atoms with E-state index in [0.717, 1.165) is 22.6 Å². The van der Waals surface area contributed by atoms with Crippen molar-refractivity contribution in [3.8, 4) is 5.75 Å². The molecule has 0 aliphatic carbocycles. The van der Waals surface area contributed by atoms with Crippen LogP contribution < -0.4 is 4.74 Å². The van der Waals surface area contributed by atoms with Crippen molar-refractivity contribution in [2.24, 2.45) is 0 Å². The first-order valence-corrected chi connectivity index (χ1v) is 6.43. The normalized spacial score (nSPS) is 11.9. The van der Waals surface area contributed by atoms with E-state index in [-0.39, 0.29) is 0 Å². The molecule has 1 aromatic carbocycles. The summed E-state index contributed by atoms with van der Waals surface area (Å²) in [5.41, 5.74) is 2.73. The molecule has 0 saturated heterocycles. The molecule has 104 valence electrons. The van der Waals surface area contributed by atoms with Crippen LogP contribution >= 0.6 is 0 Å². The Hall–Kier alpha value is -2.36. The summed E-state index contributed by atoms with van der Waals surface area (Å²) in [6.45, 7) is 4.03. The number of aromatic nitrogens is 1. The molecular formula is C16H17NO3. The lowest BCUT2D eigenvalue weighted by atomic mass is 10.0. The van der Waals surface area contributed by atoms with Gasteiger partial charge in [0.25, 0.3) is 0 Å². The number of pyridine rings is 1. The summed E-state index contributed by atoms with van der Waals surface area (Å²) in [6, 6.07) is 11.2. The molecule has 4 heteroatoms. The van der Waals surface area contributed by atoms with Gasteiger partial charge >= 0.3 is 5.97 Å². The zero-order valence-electron chi connectivity index (χ0n) is 11.5. The second kappa shape index (κ2) is 6.19. The van der Waals surface area contributed by atoms with Crippen LogP contribution in [-0.4, -0.2) is 16.1 Å². The van der Waals surface area contributed by atoms with Crippen molar-refractivity contribution in [3.05, 3.63) is 59.4 Å². The molecule has 0 fully saturated rings. The Morgan fingerprint density at radius 3 is 2.50 bits per heavy atom. The number of aliphatic carboxylic acids is 1. The quantitative estimate of drug-likeness (QED) is 0.907. The number of hydrogen-bond acceptors (Lipinski definition) is 3. The van der Waals surface area contributed by atoms with Gasteiger partial charge in [0.2, 0.25) is 0 Å². The molecule has 0 saturated carbocycles. The van der Waals surface area contributed by atoms with Crippen LogP contribution in [0.25, 0.3) is 0 Å². The predicted octanol–water partition coefficient (Wildman–Crippen LogP) is 3.16. The Kier molecular flexibility index (Phi) is 4.35. The lowest BCUT2D eigenvalue weighted by molar-refractivity contribution is -0.138. The molecule has 0 aliphatic heterocycles. The highest BCUT2D eigenvalue weighted by molar-refractivity contribution is 5.75. The summed E-state index contributed by atoms with van der Waals surface area (Å²) < 4.78 is 5.62. The van der Waals surface area contributed by atoms with E-state index in [1.54, 1.807) is 13.1 Å². The highest BCUT2D eigenvalue weighted by atomic mass is 16.5. The zero-order valence-corrected chi connectivity index (χ0v) is 11.5. The lowest BCUT2D eigenvalue weighted by Crippen LogP contribution is -2.07. The fourth-order valence-electron chi connectivity index (χ4n) is 1.75. The van der Waals surface area contributed by atoms with Gasteiger partial charge in [-0.3, -0.25) is 9.78 Å². The Morgan fingerprint density at radius 2 is 1.95 bits per heavy atom. The van der Waals surface area contributed by atoms with Gasteiger partial charge in [0.1, 0.15) is 12.4 Å². The first kappa shape index (κ1) is 14.1. The molecule has 1 atom stereocenters. The van der Waals surface area contributed by atoms with E-state index in [9.17, 15) is 4.79 Å². The first-order valence-electron chi connectivity index (χ1n) is 6.43. The minimum absolute atomic E-state index is 0.437. The smallest absolute Gasteiger partial charge is 0.310 e. The Morgan fingerprint density at radius 1 is 1.25 bits per heavy atom. The average molecular weight is 271 g/mol. The largest absolute Gasteiger partial charge is 0.487 e. The molecule has 0 spiro atoms. The van der Waals surface area contributed by atoms with Gasteiger partial charge in [-0.15, -0.1) is 0 Å². The minimum Gasteiger partial charge on any atom is -0.487 e. The van der Waals surface area contributed by atoms with Crippen molar-refractivity contribution in [1.82, 2.24) is 4.98 Å². The van der Waals surface area contributed by atoms with Crippen LogP contribution in [0.4, 0.5) is 0 Å². The topological polar surface area (TPSA) is 59.4 Å². The standard InChI is InChI=1S/C16H17NO3/c1-11-3-8-15(9-17-11)20-10-13-4-6-14(7-5-13)12(2)16(18)19/h3-9,12H,10H2,1-2H3,(H,18,19). The summed E-state index contributed by atoms with van der Waals surface area (Å²) >= 11 is 0. The fourth-order valence-corrected chi connectivity index (χ4v) is 1.75. The third-order valence-electron chi connectivity index (χ3n) is 3.14. The van der Waals surface area contributed by atoms with E-state index in [1.165, 1.54) is 0 Å². The molecule has 2 rings (SSSR count). The monoisotopic (exact) mass is 271 g/mol. The van der Waals surface area contributed by atoms with E-state index >= 15 is 0 Å². The lowest BCUT2D eigenvalue weighted by Gasteiger charge is -2.09. The molecule has 0 aliphatic rings. The van der Waals surface area contributed by atoms with Crippen molar-refractivity contribution in [2.45, 2.75) is 26.4 Å². The van der Waals surface area contributed by atoms with Crippen molar-refractivity contribution >= 4 is 5.97 Å². The highest BCUT2D eigenvalue weighted by Gasteiger charge is 2.12. The molecule has 0 amide bonds. The molecular weight excluding hydrogens is 254 g/mol. The average Bonchev–Trinajstić information content (AvgIpc) is 2.46. The number of carboxylic acids is 1. The van der Waals surface area contributed by atoms with Crippen LogP contribution in [0.2, 0.25) is 0 Å². The van der Waals surface area contributed by atoms with Crippen LogP contribution in [0.1, 0.15) is 29.7 Å². The number of aryl methyl sites for hydroxylation is 1. The summed E-state index contributed by atoms with van der Waals surface area (Å²) in [7, 11) is 0. The molecule has 2 aromatic rings. The second-order valence-electron chi connectivity index (χ2n) is 4.73. The van der Waals surface area contributed by atoms with Crippen LogP contribution in [0.15, 0.2) is 42.6 Å². The van der Waals surface area contributed by atoms with Crippen molar-refractivity contribution in [3.63, 3.8) is 0 Å². The van der Waals surface area contributed by atoms with Crippen LogP contribution in [0.3, 0.4) is 0 Å². The fraction of sp³-hybridized carbons (Fsp3) is 0.250. The number of rotatable bonds is 5. The Bertz CT molecular complexity index is 576. The molecule has 0 radical (unpaired) electrons. The zero-order chi connectivity index (χ0) is 14.5. The van der Waals surface area contributed by atoms with Gasteiger partial charge in [0, 0.05) is 5.69 Å². The molecule has 1 unspecified atom stereocenters. The first-order chi connectivity index (χ1) is 9.56. The maximum atomic E-state index is 10.9. The van der Waals surface area contributed by atoms with E-state index in [1.807, 2.05) is 43.3 Å². The maximum absolute atomic E-state index is 10.9. The van der Waals surface area contributed by atoms with Crippen LogP contribution in [0, 0.1) is 6.92 Å². The van der Waals surface area contributed by atoms with E-state index < -0.39 is 11.9 Å². The van der Waals surface area contributed by atoms with Gasteiger partial charge in [0.15, 0.2) is 0 Å². The van der Waals surface area contributed by atoms with Gasteiger partial charge in [-0.05, 0) is 37.1 Å². The SMILES string of the molecule is Cc1ccc(OCc2ccc(C(C)C(=O)O)cc2)cn1. The molecule has 1 heterocycles. The number of ether oxygens (including phenoxy) is 1. The minimum atomic E-state index is -0.820. The molecule has 1 aromatic heterocycles. The summed E-state index contributed by atoms with van der Waals surface area (Å²) in [6.07, 6.45) is 1.69. The third-order valence-corrected chi connectivity index (χ3v) is 3.14. The van der Waals surface area contributed by atoms with Gasteiger partial charge in [0.05, 0.1) is 12.1 Å². The third kappa shape index (κ3) is 3.57. The van der Waals surface area contributed by atoms with Crippen LogP contribution in [-0.2, 0) is 11.4 Å². The van der Waals surface area contributed by atoms with Crippen LogP contribution in [0.5, 0.6) is 5.75 Å². The molecule has 1 N–H and O–H groups in total. The highest BCUT2D eigenvalue weighted by Crippen LogP contribution is 2.17. The predicted molar refractivity (Wildman–Crippen MR) is 75.8 cm³/mol. The maximum Gasteiger partial charge on any atom is 0.310 e. The van der Waals surface area contributed by atoms with Crippen molar-refractivity contribution in [2.75, 3.05) is 0 Å². The van der Waals surface area contributed by atoms with Crippen molar-refractivity contribution < 1.29 is 14.6 Å². The van der Waals surface area contributed by atoms with E-state index in [2.05, 4.69) is 4.98 Å². The van der Waals surface area contributed by atoms with Crippen molar-refractivity contribution in [1.29, 1.82) is 0 Å². The summed E-state index contributed by atoms with van der Waals surface area (Å²) in [5, 5.41) is 8.95. The Balaban J connectivity index is 1.97. The van der Waals surface area contributed by atoms with Gasteiger partial charge in [-0.2, -0.15) is 0 Å². The molecule has 0 bridgehead atoms. The van der Waals surface area contributed by atoms with Gasteiger partial charge in [-0.25, -0.2) is 0 Å². The molecule has 20 heavy (non-hydrogen) atoms. The Labute approximate surface area is 118 Å².